The minimum atomic E-state index is 1.11. The molecule has 0 spiro atoms. The molecule has 1 heterocycles. The Balaban J connectivity index is 2.43. The fraction of sp³-hybridized carbons (Fsp3) is 0.375. The summed E-state index contributed by atoms with van der Waals surface area (Å²) >= 11 is 1.93. The molecule has 0 bridgehead atoms. The Kier molecular flexibility index (Phi) is 3.30. The van der Waals surface area contributed by atoms with Gasteiger partial charge in [0.05, 0.1) is 0 Å². The van der Waals surface area contributed by atoms with Crippen LogP contribution in [-0.4, -0.2) is 10.7 Å². The molecule has 0 aliphatic heterocycles. The summed E-state index contributed by atoms with van der Waals surface area (Å²) in [4.78, 5) is 3.94. The van der Waals surface area contributed by atoms with Crippen LogP contribution in [0.25, 0.3) is 0 Å². The maximum Gasteiger partial charge on any atom is 0.0270 e. The summed E-state index contributed by atoms with van der Waals surface area (Å²) in [6.45, 7) is 2.17. The molecule has 0 saturated carbocycles. The van der Waals surface area contributed by atoms with Crippen LogP contribution in [0.15, 0.2) is 24.5 Å². The summed E-state index contributed by atoms with van der Waals surface area (Å²) in [5.74, 6) is 2.29. The minimum Gasteiger partial charge on any atom is -0.265 e. The molecule has 1 nitrogen and oxygen atoms in total. The van der Waals surface area contributed by atoms with Gasteiger partial charge in [-0.3, -0.25) is 4.98 Å². The average molecular weight is 153 g/mol. The lowest BCUT2D eigenvalue weighted by atomic mass is 10.3. The van der Waals surface area contributed by atoms with Crippen molar-refractivity contribution in [2.24, 2.45) is 0 Å². The first-order valence-electron chi connectivity index (χ1n) is 3.40. The first-order valence-corrected chi connectivity index (χ1v) is 4.55. The molecule has 0 unspecified atom stereocenters. The van der Waals surface area contributed by atoms with E-state index < -0.39 is 0 Å². The summed E-state index contributed by atoms with van der Waals surface area (Å²) in [6.07, 6.45) is 3.68. The highest BCUT2D eigenvalue weighted by Crippen LogP contribution is 2.09. The molecule has 0 fully saturated rings. The second kappa shape index (κ2) is 4.34. The molecule has 54 valence electrons. The Morgan fingerprint density at radius 1 is 1.40 bits per heavy atom. The van der Waals surface area contributed by atoms with Crippen molar-refractivity contribution in [2.75, 3.05) is 5.75 Å². The van der Waals surface area contributed by atoms with E-state index in [-0.39, 0.29) is 0 Å². The van der Waals surface area contributed by atoms with Gasteiger partial charge in [-0.1, -0.05) is 6.92 Å². The van der Waals surface area contributed by atoms with E-state index in [0.717, 1.165) is 5.75 Å². The highest BCUT2D eigenvalue weighted by Gasteiger charge is 1.88. The van der Waals surface area contributed by atoms with E-state index >= 15 is 0 Å². The fourth-order valence-electron chi connectivity index (χ4n) is 0.699. The zero-order valence-electron chi connectivity index (χ0n) is 6.08. The molecule has 0 aliphatic carbocycles. The van der Waals surface area contributed by atoms with Gasteiger partial charge in [-0.25, -0.2) is 0 Å². The van der Waals surface area contributed by atoms with Gasteiger partial charge in [0.2, 0.25) is 0 Å². The van der Waals surface area contributed by atoms with Gasteiger partial charge in [0.15, 0.2) is 0 Å². The van der Waals surface area contributed by atoms with Crippen molar-refractivity contribution in [1.82, 2.24) is 4.98 Å². The number of rotatable bonds is 3. The van der Waals surface area contributed by atoms with Crippen LogP contribution in [0.1, 0.15) is 12.5 Å². The van der Waals surface area contributed by atoms with Gasteiger partial charge in [-0.2, -0.15) is 11.8 Å². The SMILES string of the molecule is CCSCc1ccncc1. The number of aromatic nitrogens is 1. The lowest BCUT2D eigenvalue weighted by Gasteiger charge is -1.96. The summed E-state index contributed by atoms with van der Waals surface area (Å²) in [5.41, 5.74) is 1.36. The quantitative estimate of drug-likeness (QED) is 0.661. The van der Waals surface area contributed by atoms with Crippen LogP contribution in [0.3, 0.4) is 0 Å². The van der Waals surface area contributed by atoms with Gasteiger partial charge in [-0.05, 0) is 23.4 Å². The third kappa shape index (κ3) is 2.40. The molecule has 0 amide bonds. The first kappa shape index (κ1) is 7.61. The molecule has 0 atom stereocenters. The predicted octanol–water partition coefficient (Wildman–Crippen LogP) is 2.33. The van der Waals surface area contributed by atoms with E-state index in [1.807, 2.05) is 24.2 Å². The van der Waals surface area contributed by atoms with Crippen molar-refractivity contribution in [3.05, 3.63) is 30.1 Å². The Morgan fingerprint density at radius 3 is 2.70 bits per heavy atom. The molecule has 0 N–H and O–H groups in total. The van der Waals surface area contributed by atoms with Crippen molar-refractivity contribution < 1.29 is 0 Å². The largest absolute Gasteiger partial charge is 0.265 e. The molecule has 0 aliphatic rings. The number of thioether (sulfide) groups is 1. The Morgan fingerprint density at radius 2 is 2.10 bits per heavy atom. The number of nitrogens with zero attached hydrogens (tertiary/aromatic N) is 1. The van der Waals surface area contributed by atoms with Crippen LogP contribution in [0, 0.1) is 0 Å². The van der Waals surface area contributed by atoms with Gasteiger partial charge < -0.3 is 0 Å². The van der Waals surface area contributed by atoms with Crippen molar-refractivity contribution >= 4 is 11.8 Å². The van der Waals surface area contributed by atoms with E-state index in [1.165, 1.54) is 11.3 Å². The van der Waals surface area contributed by atoms with Crippen molar-refractivity contribution in [1.29, 1.82) is 0 Å². The molecule has 1 rings (SSSR count). The topological polar surface area (TPSA) is 12.9 Å². The average Bonchev–Trinajstić information content (AvgIpc) is 2.03. The molecule has 1 aromatic heterocycles. The summed E-state index contributed by atoms with van der Waals surface area (Å²) in [7, 11) is 0. The monoisotopic (exact) mass is 153 g/mol. The third-order valence-corrected chi connectivity index (χ3v) is 2.17. The molecule has 0 saturated heterocycles. The Bertz CT molecular complexity index is 174. The van der Waals surface area contributed by atoms with Crippen molar-refractivity contribution in [3.8, 4) is 0 Å². The molecule has 0 radical (unpaired) electrons. The predicted molar refractivity (Wildman–Crippen MR) is 46.1 cm³/mol. The summed E-state index contributed by atoms with van der Waals surface area (Å²) in [6, 6.07) is 4.12. The molecule has 1 aromatic rings. The summed E-state index contributed by atoms with van der Waals surface area (Å²) in [5, 5.41) is 0. The van der Waals surface area contributed by atoms with Crippen LogP contribution in [0.2, 0.25) is 0 Å². The molecule has 2 heteroatoms. The summed E-state index contributed by atoms with van der Waals surface area (Å²) < 4.78 is 0. The third-order valence-electron chi connectivity index (χ3n) is 1.22. The van der Waals surface area contributed by atoms with E-state index in [1.54, 1.807) is 0 Å². The van der Waals surface area contributed by atoms with Gasteiger partial charge in [-0.15, -0.1) is 0 Å². The molecular weight excluding hydrogens is 142 g/mol. The lowest BCUT2D eigenvalue weighted by molar-refractivity contribution is 1.27. The molecule has 10 heavy (non-hydrogen) atoms. The smallest absolute Gasteiger partial charge is 0.0270 e. The number of hydrogen-bond acceptors (Lipinski definition) is 2. The zero-order valence-corrected chi connectivity index (χ0v) is 6.90. The van der Waals surface area contributed by atoms with E-state index in [9.17, 15) is 0 Å². The van der Waals surface area contributed by atoms with Crippen molar-refractivity contribution in [3.63, 3.8) is 0 Å². The second-order valence-corrected chi connectivity index (χ2v) is 3.27. The zero-order chi connectivity index (χ0) is 7.23. The van der Waals surface area contributed by atoms with Crippen LogP contribution in [-0.2, 0) is 5.75 Å². The van der Waals surface area contributed by atoms with E-state index in [4.69, 9.17) is 0 Å². The second-order valence-electron chi connectivity index (χ2n) is 1.99. The van der Waals surface area contributed by atoms with Gasteiger partial charge in [0.25, 0.3) is 0 Å². The highest BCUT2D eigenvalue weighted by atomic mass is 32.2. The maximum absolute atomic E-state index is 3.94. The van der Waals surface area contributed by atoms with Gasteiger partial charge in [0, 0.05) is 18.1 Å². The molecule has 0 aromatic carbocycles. The van der Waals surface area contributed by atoms with Crippen LogP contribution in [0.4, 0.5) is 0 Å². The number of hydrogen-bond donors (Lipinski definition) is 0. The highest BCUT2D eigenvalue weighted by molar-refractivity contribution is 7.98. The lowest BCUT2D eigenvalue weighted by Crippen LogP contribution is -1.80. The normalized spacial score (nSPS) is 9.70. The standard InChI is InChI=1S/C8H11NS/c1-2-10-7-8-3-5-9-6-4-8/h3-6H,2,7H2,1H3. The van der Waals surface area contributed by atoms with Crippen LogP contribution >= 0.6 is 11.8 Å². The minimum absolute atomic E-state index is 1.11. The maximum atomic E-state index is 3.94. The van der Waals surface area contributed by atoms with E-state index in [2.05, 4.69) is 24.0 Å². The van der Waals surface area contributed by atoms with Gasteiger partial charge >= 0.3 is 0 Å². The molecular formula is C8H11NS. The van der Waals surface area contributed by atoms with Crippen molar-refractivity contribution in [2.45, 2.75) is 12.7 Å². The van der Waals surface area contributed by atoms with Crippen LogP contribution < -0.4 is 0 Å². The first-order chi connectivity index (χ1) is 4.93. The van der Waals surface area contributed by atoms with Crippen LogP contribution in [0.5, 0.6) is 0 Å². The Labute approximate surface area is 65.9 Å². The fourth-order valence-corrected chi connectivity index (χ4v) is 1.33. The Hall–Kier alpha value is -0.500. The number of pyridine rings is 1. The van der Waals surface area contributed by atoms with Gasteiger partial charge in [0.1, 0.15) is 0 Å². The van der Waals surface area contributed by atoms with E-state index in [0.29, 0.717) is 0 Å².